The molecule has 0 saturated carbocycles. The number of carboxylic acid groups (broad SMARTS) is 1. The molecule has 0 bridgehead atoms. The minimum absolute atomic E-state index is 0.0888. The second-order valence-electron chi connectivity index (χ2n) is 5.09. The molecule has 6 heteroatoms. The van der Waals surface area contributed by atoms with E-state index in [1.165, 1.54) is 0 Å². The third-order valence-corrected chi connectivity index (χ3v) is 2.98. The van der Waals surface area contributed by atoms with Gasteiger partial charge in [0.25, 0.3) is 0 Å². The van der Waals surface area contributed by atoms with Crippen LogP contribution in [-0.2, 0) is 14.3 Å². The van der Waals surface area contributed by atoms with E-state index in [-0.39, 0.29) is 17.9 Å². The summed E-state index contributed by atoms with van der Waals surface area (Å²) in [5.74, 6) is -1.16. The molecule has 2 unspecified atom stereocenters. The van der Waals surface area contributed by atoms with Gasteiger partial charge in [-0.2, -0.15) is 0 Å². The van der Waals surface area contributed by atoms with E-state index in [9.17, 15) is 9.59 Å². The highest BCUT2D eigenvalue weighted by atomic mass is 16.5. The van der Waals surface area contributed by atoms with Crippen molar-refractivity contribution >= 4 is 11.9 Å². The molecule has 1 heterocycles. The van der Waals surface area contributed by atoms with E-state index in [1.807, 2.05) is 13.8 Å². The monoisotopic (exact) mass is 258 g/mol. The van der Waals surface area contributed by atoms with E-state index in [1.54, 1.807) is 0 Å². The Labute approximate surface area is 107 Å². The third kappa shape index (κ3) is 4.27. The summed E-state index contributed by atoms with van der Waals surface area (Å²) in [6, 6.07) is -0.849. The van der Waals surface area contributed by atoms with Gasteiger partial charge < -0.3 is 20.9 Å². The Morgan fingerprint density at radius 2 is 2.11 bits per heavy atom. The minimum Gasteiger partial charge on any atom is -0.480 e. The van der Waals surface area contributed by atoms with Crippen LogP contribution in [0.15, 0.2) is 0 Å². The fraction of sp³-hybridized carbons (Fsp3) is 0.833. The van der Waals surface area contributed by atoms with Crippen LogP contribution in [0.25, 0.3) is 0 Å². The smallest absolute Gasteiger partial charge is 0.326 e. The second-order valence-corrected chi connectivity index (χ2v) is 5.09. The first-order chi connectivity index (χ1) is 8.43. The SMILES string of the molecule is CC(C)C[C@H](NC(=O)C1CCC(CN)O1)C(=O)O. The summed E-state index contributed by atoms with van der Waals surface area (Å²) in [5.41, 5.74) is 5.46. The number of aliphatic carboxylic acids is 1. The molecule has 0 aromatic heterocycles. The Morgan fingerprint density at radius 3 is 2.56 bits per heavy atom. The van der Waals surface area contributed by atoms with Crippen LogP contribution in [0.1, 0.15) is 33.1 Å². The molecule has 0 aromatic carbocycles. The first-order valence-electron chi connectivity index (χ1n) is 6.32. The summed E-state index contributed by atoms with van der Waals surface area (Å²) in [6.45, 7) is 4.22. The normalized spacial score (nSPS) is 25.1. The molecule has 1 rings (SSSR count). The summed E-state index contributed by atoms with van der Waals surface area (Å²) < 4.78 is 5.43. The summed E-state index contributed by atoms with van der Waals surface area (Å²) in [6.07, 6.45) is 1.11. The van der Waals surface area contributed by atoms with E-state index in [0.717, 1.165) is 6.42 Å². The zero-order chi connectivity index (χ0) is 13.7. The number of hydrogen-bond acceptors (Lipinski definition) is 4. The molecule has 104 valence electrons. The van der Waals surface area contributed by atoms with E-state index < -0.39 is 18.1 Å². The zero-order valence-corrected chi connectivity index (χ0v) is 10.9. The average molecular weight is 258 g/mol. The van der Waals surface area contributed by atoms with E-state index in [4.69, 9.17) is 15.6 Å². The van der Waals surface area contributed by atoms with Crippen LogP contribution in [0.2, 0.25) is 0 Å². The number of carbonyl (C=O) groups excluding carboxylic acids is 1. The van der Waals surface area contributed by atoms with Gasteiger partial charge in [0.15, 0.2) is 0 Å². The van der Waals surface area contributed by atoms with Gasteiger partial charge in [-0.1, -0.05) is 13.8 Å². The lowest BCUT2D eigenvalue weighted by Gasteiger charge is -2.19. The molecule has 1 aliphatic rings. The average Bonchev–Trinajstić information content (AvgIpc) is 2.75. The standard InChI is InChI=1S/C12H22N2O4/c1-7(2)5-9(12(16)17)14-11(15)10-4-3-8(6-13)18-10/h7-10H,3-6,13H2,1-2H3,(H,14,15)(H,16,17)/t8?,9-,10?/m0/s1. The molecule has 1 amide bonds. The van der Waals surface area contributed by atoms with Crippen LogP contribution in [-0.4, -0.2) is 41.8 Å². The van der Waals surface area contributed by atoms with Crippen molar-refractivity contribution in [2.75, 3.05) is 6.54 Å². The van der Waals surface area contributed by atoms with Gasteiger partial charge in [0.05, 0.1) is 6.10 Å². The van der Waals surface area contributed by atoms with Crippen LogP contribution in [0.3, 0.4) is 0 Å². The minimum atomic E-state index is -1.01. The number of amides is 1. The largest absolute Gasteiger partial charge is 0.480 e. The number of hydrogen-bond donors (Lipinski definition) is 3. The quantitative estimate of drug-likeness (QED) is 0.627. The molecule has 1 saturated heterocycles. The van der Waals surface area contributed by atoms with Gasteiger partial charge in [-0.25, -0.2) is 4.79 Å². The molecule has 0 aromatic rings. The first kappa shape index (κ1) is 14.9. The van der Waals surface area contributed by atoms with Crippen molar-refractivity contribution < 1.29 is 19.4 Å². The van der Waals surface area contributed by atoms with Crippen molar-refractivity contribution in [1.82, 2.24) is 5.32 Å². The number of nitrogens with two attached hydrogens (primary N) is 1. The second kappa shape index (κ2) is 6.70. The fourth-order valence-corrected chi connectivity index (χ4v) is 2.03. The lowest BCUT2D eigenvalue weighted by molar-refractivity contribution is -0.144. The van der Waals surface area contributed by atoms with Crippen molar-refractivity contribution in [2.45, 2.75) is 51.4 Å². The van der Waals surface area contributed by atoms with Crippen LogP contribution in [0.4, 0.5) is 0 Å². The summed E-state index contributed by atoms with van der Waals surface area (Å²) in [7, 11) is 0. The Morgan fingerprint density at radius 1 is 1.44 bits per heavy atom. The molecule has 0 spiro atoms. The number of rotatable bonds is 6. The molecule has 6 nitrogen and oxygen atoms in total. The van der Waals surface area contributed by atoms with Crippen molar-refractivity contribution in [3.8, 4) is 0 Å². The number of ether oxygens (including phenoxy) is 1. The van der Waals surface area contributed by atoms with E-state index >= 15 is 0 Å². The van der Waals surface area contributed by atoms with Crippen molar-refractivity contribution in [3.05, 3.63) is 0 Å². The highest BCUT2D eigenvalue weighted by Crippen LogP contribution is 2.19. The maximum atomic E-state index is 11.9. The Kier molecular flexibility index (Phi) is 5.55. The van der Waals surface area contributed by atoms with Crippen molar-refractivity contribution in [2.24, 2.45) is 11.7 Å². The van der Waals surface area contributed by atoms with Gasteiger partial charge in [-0.15, -0.1) is 0 Å². The number of nitrogens with one attached hydrogen (secondary N) is 1. The molecule has 1 fully saturated rings. The lowest BCUT2D eigenvalue weighted by atomic mass is 10.0. The van der Waals surface area contributed by atoms with Gasteiger partial charge in [0.1, 0.15) is 12.1 Å². The molecule has 4 N–H and O–H groups in total. The molecule has 0 radical (unpaired) electrons. The molecule has 3 atom stereocenters. The molecule has 0 aliphatic carbocycles. The van der Waals surface area contributed by atoms with E-state index in [0.29, 0.717) is 19.4 Å². The van der Waals surface area contributed by atoms with Gasteiger partial charge in [-0.3, -0.25) is 4.79 Å². The predicted molar refractivity (Wildman–Crippen MR) is 66.0 cm³/mol. The topological polar surface area (TPSA) is 102 Å². The van der Waals surface area contributed by atoms with Crippen LogP contribution in [0, 0.1) is 5.92 Å². The summed E-state index contributed by atoms with van der Waals surface area (Å²) >= 11 is 0. The molecule has 1 aliphatic heterocycles. The maximum absolute atomic E-state index is 11.9. The number of carboxylic acids is 1. The molecular weight excluding hydrogens is 236 g/mol. The maximum Gasteiger partial charge on any atom is 0.326 e. The highest BCUT2D eigenvalue weighted by Gasteiger charge is 2.32. The Hall–Kier alpha value is -1.14. The van der Waals surface area contributed by atoms with Gasteiger partial charge in [0, 0.05) is 6.54 Å². The first-order valence-corrected chi connectivity index (χ1v) is 6.32. The molecular formula is C12H22N2O4. The van der Waals surface area contributed by atoms with E-state index in [2.05, 4.69) is 5.32 Å². The van der Waals surface area contributed by atoms with Crippen molar-refractivity contribution in [1.29, 1.82) is 0 Å². The molecule has 18 heavy (non-hydrogen) atoms. The summed E-state index contributed by atoms with van der Waals surface area (Å²) in [5, 5.41) is 11.6. The predicted octanol–water partition coefficient (Wildman–Crippen LogP) is 0.108. The van der Waals surface area contributed by atoms with Crippen LogP contribution in [0.5, 0.6) is 0 Å². The Balaban J connectivity index is 2.49. The van der Waals surface area contributed by atoms with Gasteiger partial charge in [-0.05, 0) is 25.2 Å². The van der Waals surface area contributed by atoms with Crippen molar-refractivity contribution in [3.63, 3.8) is 0 Å². The van der Waals surface area contributed by atoms with Crippen LogP contribution >= 0.6 is 0 Å². The number of carbonyl (C=O) groups is 2. The zero-order valence-electron chi connectivity index (χ0n) is 10.9. The van der Waals surface area contributed by atoms with Crippen LogP contribution < -0.4 is 11.1 Å². The van der Waals surface area contributed by atoms with Gasteiger partial charge >= 0.3 is 5.97 Å². The Bertz CT molecular complexity index is 306. The third-order valence-electron chi connectivity index (χ3n) is 2.98. The van der Waals surface area contributed by atoms with Gasteiger partial charge in [0.2, 0.25) is 5.91 Å². The lowest BCUT2D eigenvalue weighted by Crippen LogP contribution is -2.46. The summed E-state index contributed by atoms with van der Waals surface area (Å²) in [4.78, 5) is 22.9. The highest BCUT2D eigenvalue weighted by molar-refractivity contribution is 5.86. The fourth-order valence-electron chi connectivity index (χ4n) is 2.03.